The Morgan fingerprint density at radius 2 is 2.20 bits per heavy atom. The molecule has 2 heterocycles. The van der Waals surface area contributed by atoms with E-state index in [-0.39, 0.29) is 5.56 Å². The van der Waals surface area contributed by atoms with E-state index in [0.717, 1.165) is 16.0 Å². The number of thiophene rings is 1. The third-order valence-electron chi connectivity index (χ3n) is 4.22. The van der Waals surface area contributed by atoms with Gasteiger partial charge in [-0.25, -0.2) is 4.98 Å². The number of benzene rings is 1. The minimum atomic E-state index is -0.706. The van der Waals surface area contributed by atoms with E-state index in [1.807, 2.05) is 38.1 Å². The molecule has 1 aromatic carbocycles. The maximum absolute atomic E-state index is 13.1. The number of primary amides is 1. The number of carbonyl (C=O) groups excluding carboxylic acids is 1. The van der Waals surface area contributed by atoms with Crippen LogP contribution in [0.5, 0.6) is 5.75 Å². The van der Waals surface area contributed by atoms with Gasteiger partial charge in [0.2, 0.25) is 5.91 Å². The number of ether oxygens (including phenoxy) is 1. The molecule has 0 radical (unpaired) electrons. The highest BCUT2D eigenvalue weighted by molar-refractivity contribution is 7.19. The summed E-state index contributed by atoms with van der Waals surface area (Å²) in [5.41, 5.74) is 6.90. The maximum atomic E-state index is 13.1. The Bertz CT molecular complexity index is 1010. The van der Waals surface area contributed by atoms with Crippen molar-refractivity contribution in [1.82, 2.24) is 9.55 Å². The molecule has 3 rings (SSSR count). The van der Waals surface area contributed by atoms with Crippen molar-refractivity contribution >= 4 is 27.5 Å². The molecule has 6 nitrogen and oxygen atoms in total. The van der Waals surface area contributed by atoms with E-state index in [1.165, 1.54) is 22.2 Å². The highest BCUT2D eigenvalue weighted by Gasteiger charge is 2.22. The first kappa shape index (κ1) is 17.2. The zero-order valence-corrected chi connectivity index (χ0v) is 15.1. The van der Waals surface area contributed by atoms with Gasteiger partial charge < -0.3 is 10.5 Å². The summed E-state index contributed by atoms with van der Waals surface area (Å²) >= 11 is 1.46. The summed E-state index contributed by atoms with van der Waals surface area (Å²) in [4.78, 5) is 30.8. The van der Waals surface area contributed by atoms with Crippen molar-refractivity contribution in [1.29, 1.82) is 0 Å². The SMILES string of the molecule is CCC(C(N)=O)n1cnc2sc(C)c(-c3cccc(OC)c3)c2c1=O. The lowest BCUT2D eigenvalue weighted by molar-refractivity contribution is -0.121. The molecular weight excluding hydrogens is 338 g/mol. The van der Waals surface area contributed by atoms with Crippen molar-refractivity contribution in [3.63, 3.8) is 0 Å². The first-order valence-corrected chi connectivity index (χ1v) is 8.73. The molecule has 0 saturated carbocycles. The van der Waals surface area contributed by atoms with Crippen LogP contribution in [0.2, 0.25) is 0 Å². The number of nitrogens with two attached hydrogens (primary N) is 1. The van der Waals surface area contributed by atoms with E-state index in [1.54, 1.807) is 7.11 Å². The topological polar surface area (TPSA) is 87.2 Å². The summed E-state index contributed by atoms with van der Waals surface area (Å²) in [7, 11) is 1.60. The van der Waals surface area contributed by atoms with Gasteiger partial charge in [0.25, 0.3) is 5.56 Å². The Kier molecular flexibility index (Phi) is 4.59. The number of carbonyl (C=O) groups is 1. The number of aryl methyl sites for hydroxylation is 1. The number of amides is 1. The van der Waals surface area contributed by atoms with E-state index in [0.29, 0.717) is 22.4 Å². The average Bonchev–Trinajstić information content (AvgIpc) is 2.94. The molecule has 0 fully saturated rings. The van der Waals surface area contributed by atoms with Gasteiger partial charge in [-0.05, 0) is 31.0 Å². The zero-order chi connectivity index (χ0) is 18.1. The van der Waals surface area contributed by atoms with Gasteiger partial charge in [0, 0.05) is 10.4 Å². The van der Waals surface area contributed by atoms with Gasteiger partial charge in [0.15, 0.2) is 0 Å². The van der Waals surface area contributed by atoms with Crippen molar-refractivity contribution in [3.05, 3.63) is 45.8 Å². The van der Waals surface area contributed by atoms with Crippen LogP contribution in [0.15, 0.2) is 35.4 Å². The smallest absolute Gasteiger partial charge is 0.263 e. The van der Waals surface area contributed by atoms with Gasteiger partial charge in [-0.1, -0.05) is 19.1 Å². The average molecular weight is 357 g/mol. The second kappa shape index (κ2) is 6.68. The van der Waals surface area contributed by atoms with Crippen LogP contribution in [-0.2, 0) is 4.79 Å². The van der Waals surface area contributed by atoms with E-state index in [2.05, 4.69) is 4.98 Å². The molecule has 130 valence electrons. The minimum absolute atomic E-state index is 0.252. The maximum Gasteiger partial charge on any atom is 0.263 e. The molecule has 0 aliphatic rings. The molecule has 3 aromatic rings. The molecule has 0 aliphatic carbocycles. The van der Waals surface area contributed by atoms with Gasteiger partial charge in [-0.15, -0.1) is 11.3 Å². The molecule has 1 atom stereocenters. The van der Waals surface area contributed by atoms with E-state index < -0.39 is 11.9 Å². The van der Waals surface area contributed by atoms with Gasteiger partial charge in [0.05, 0.1) is 18.8 Å². The lowest BCUT2D eigenvalue weighted by Gasteiger charge is -2.14. The monoisotopic (exact) mass is 357 g/mol. The lowest BCUT2D eigenvalue weighted by atomic mass is 10.0. The molecule has 7 heteroatoms. The largest absolute Gasteiger partial charge is 0.497 e. The highest BCUT2D eigenvalue weighted by atomic mass is 32.1. The van der Waals surface area contributed by atoms with Gasteiger partial charge in [-0.3, -0.25) is 14.2 Å². The second-order valence-corrected chi connectivity index (χ2v) is 6.93. The number of methoxy groups -OCH3 is 1. The first-order chi connectivity index (χ1) is 12.0. The lowest BCUT2D eigenvalue weighted by Crippen LogP contribution is -2.33. The molecule has 25 heavy (non-hydrogen) atoms. The third kappa shape index (κ3) is 2.91. The summed E-state index contributed by atoms with van der Waals surface area (Å²) in [6, 6.07) is 6.84. The fourth-order valence-electron chi connectivity index (χ4n) is 3.00. The van der Waals surface area contributed by atoms with Crippen molar-refractivity contribution in [3.8, 4) is 16.9 Å². The summed E-state index contributed by atoms with van der Waals surface area (Å²) in [6.45, 7) is 3.77. The van der Waals surface area contributed by atoms with Crippen LogP contribution in [0.4, 0.5) is 0 Å². The predicted octanol–water partition coefficient (Wildman–Crippen LogP) is 2.88. The fraction of sp³-hybridized carbons (Fsp3) is 0.278. The van der Waals surface area contributed by atoms with Gasteiger partial charge >= 0.3 is 0 Å². The number of nitrogens with zero attached hydrogens (tertiary/aromatic N) is 2. The van der Waals surface area contributed by atoms with Crippen LogP contribution in [-0.4, -0.2) is 22.6 Å². The van der Waals surface area contributed by atoms with Crippen molar-refractivity contribution < 1.29 is 9.53 Å². The predicted molar refractivity (Wildman–Crippen MR) is 99.1 cm³/mol. The van der Waals surface area contributed by atoms with Crippen molar-refractivity contribution in [2.45, 2.75) is 26.3 Å². The van der Waals surface area contributed by atoms with Gasteiger partial charge in [0.1, 0.15) is 16.6 Å². The molecule has 1 amide bonds. The Morgan fingerprint density at radius 1 is 1.44 bits per heavy atom. The van der Waals surface area contributed by atoms with Crippen molar-refractivity contribution in [2.24, 2.45) is 5.73 Å². The van der Waals surface area contributed by atoms with Crippen LogP contribution < -0.4 is 16.0 Å². The van der Waals surface area contributed by atoms with Crippen LogP contribution >= 0.6 is 11.3 Å². The van der Waals surface area contributed by atoms with Crippen molar-refractivity contribution in [2.75, 3.05) is 7.11 Å². The summed E-state index contributed by atoms with van der Waals surface area (Å²) < 4.78 is 6.62. The Labute approximate surface area is 148 Å². The molecule has 2 N–H and O–H groups in total. The van der Waals surface area contributed by atoms with E-state index >= 15 is 0 Å². The highest BCUT2D eigenvalue weighted by Crippen LogP contribution is 2.36. The summed E-state index contributed by atoms with van der Waals surface area (Å²) in [5, 5.41) is 0.512. The summed E-state index contributed by atoms with van der Waals surface area (Å²) in [6.07, 6.45) is 1.84. The molecule has 0 bridgehead atoms. The second-order valence-electron chi connectivity index (χ2n) is 5.73. The minimum Gasteiger partial charge on any atom is -0.497 e. The Hall–Kier alpha value is -2.67. The number of rotatable bonds is 5. The number of hydrogen-bond acceptors (Lipinski definition) is 5. The number of hydrogen-bond donors (Lipinski definition) is 1. The summed E-state index contributed by atoms with van der Waals surface area (Å²) in [5.74, 6) is 0.171. The molecular formula is C18H19N3O3S. The molecule has 0 spiro atoms. The number of fused-ring (bicyclic) bond motifs is 1. The van der Waals surface area contributed by atoms with Crippen LogP contribution in [0.3, 0.4) is 0 Å². The van der Waals surface area contributed by atoms with E-state index in [9.17, 15) is 9.59 Å². The molecule has 2 aromatic heterocycles. The Balaban J connectivity index is 2.31. The third-order valence-corrected chi connectivity index (χ3v) is 5.24. The van der Waals surface area contributed by atoms with E-state index in [4.69, 9.17) is 10.5 Å². The Morgan fingerprint density at radius 3 is 2.84 bits per heavy atom. The van der Waals surface area contributed by atoms with Crippen LogP contribution in [0.1, 0.15) is 24.3 Å². The standard InChI is InChI=1S/C18H19N3O3S/c1-4-13(16(19)22)21-9-20-17-15(18(21)23)14(10(2)25-17)11-6-5-7-12(8-11)24-3/h5-9,13H,4H2,1-3H3,(H2,19,22). The number of aromatic nitrogens is 2. The van der Waals surface area contributed by atoms with Crippen LogP contribution in [0, 0.1) is 6.92 Å². The zero-order valence-electron chi connectivity index (χ0n) is 14.3. The molecule has 0 saturated heterocycles. The fourth-order valence-corrected chi connectivity index (χ4v) is 4.00. The quantitative estimate of drug-likeness (QED) is 0.760. The van der Waals surface area contributed by atoms with Crippen LogP contribution in [0.25, 0.3) is 21.3 Å². The molecule has 0 aliphatic heterocycles. The first-order valence-electron chi connectivity index (χ1n) is 7.91. The van der Waals surface area contributed by atoms with Gasteiger partial charge in [-0.2, -0.15) is 0 Å². The normalized spacial score (nSPS) is 12.3. The molecule has 1 unspecified atom stereocenters.